The summed E-state index contributed by atoms with van der Waals surface area (Å²) in [6, 6.07) is 1.31. The molecular formula is C18H26N4O4S. The van der Waals surface area contributed by atoms with Gasteiger partial charge in [-0.2, -0.15) is 0 Å². The van der Waals surface area contributed by atoms with Crippen LogP contribution in [0.3, 0.4) is 0 Å². The maximum atomic E-state index is 12.6. The van der Waals surface area contributed by atoms with Crippen molar-refractivity contribution in [2.45, 2.75) is 37.8 Å². The van der Waals surface area contributed by atoms with E-state index in [1.807, 2.05) is 6.07 Å². The fourth-order valence-corrected chi connectivity index (χ4v) is 5.02. The average Bonchev–Trinajstić information content (AvgIpc) is 3.13. The molecule has 0 aromatic carbocycles. The molecule has 1 aromatic rings. The number of piperidine rings is 1. The van der Waals surface area contributed by atoms with Crippen LogP contribution >= 0.6 is 11.3 Å². The minimum atomic E-state index is -0.600. The predicted octanol–water partition coefficient (Wildman–Crippen LogP) is -0.0385. The zero-order valence-electron chi connectivity index (χ0n) is 15.7. The molecule has 1 atom stereocenters. The molecule has 1 saturated heterocycles. The summed E-state index contributed by atoms with van der Waals surface area (Å²) in [4.78, 5) is 39.5. The van der Waals surface area contributed by atoms with Crippen molar-refractivity contribution in [3.63, 3.8) is 0 Å². The molecule has 0 bridgehead atoms. The lowest BCUT2D eigenvalue weighted by atomic mass is 9.85. The Labute approximate surface area is 162 Å². The Bertz CT molecular complexity index is 740. The topological polar surface area (TPSA) is 114 Å². The van der Waals surface area contributed by atoms with Gasteiger partial charge in [-0.1, -0.05) is 0 Å². The number of nitrogens with one attached hydrogen (secondary N) is 2. The summed E-state index contributed by atoms with van der Waals surface area (Å²) in [5.41, 5.74) is 6.16. The number of fused-ring (bicyclic) bond motifs is 2. The second-order valence-corrected chi connectivity index (χ2v) is 8.00. The smallest absolute Gasteiger partial charge is 0.262 e. The van der Waals surface area contributed by atoms with Gasteiger partial charge in [-0.3, -0.25) is 14.4 Å². The Morgan fingerprint density at radius 1 is 1.37 bits per heavy atom. The highest BCUT2D eigenvalue weighted by atomic mass is 32.1. The summed E-state index contributed by atoms with van der Waals surface area (Å²) in [5, 5.41) is 5.25. The van der Waals surface area contributed by atoms with E-state index in [0.29, 0.717) is 37.4 Å². The van der Waals surface area contributed by atoms with Crippen LogP contribution in [0, 0.1) is 0 Å². The largest absolute Gasteiger partial charge is 0.369 e. The van der Waals surface area contributed by atoms with E-state index in [1.54, 1.807) is 11.8 Å². The van der Waals surface area contributed by atoms with E-state index in [0.717, 1.165) is 16.9 Å². The van der Waals surface area contributed by atoms with Crippen LogP contribution in [0.5, 0.6) is 0 Å². The van der Waals surface area contributed by atoms with Gasteiger partial charge < -0.3 is 26.0 Å². The Morgan fingerprint density at radius 2 is 2.07 bits per heavy atom. The second-order valence-electron chi connectivity index (χ2n) is 6.95. The van der Waals surface area contributed by atoms with Crippen molar-refractivity contribution in [2.24, 2.45) is 5.73 Å². The summed E-state index contributed by atoms with van der Waals surface area (Å²) >= 11 is 1.43. The zero-order chi connectivity index (χ0) is 19.6. The van der Waals surface area contributed by atoms with Gasteiger partial charge >= 0.3 is 0 Å². The molecule has 1 aromatic heterocycles. The van der Waals surface area contributed by atoms with Crippen molar-refractivity contribution in [1.29, 1.82) is 0 Å². The molecule has 2 aliphatic rings. The van der Waals surface area contributed by atoms with Gasteiger partial charge in [0.2, 0.25) is 11.8 Å². The van der Waals surface area contributed by atoms with E-state index in [9.17, 15) is 14.4 Å². The molecule has 9 heteroatoms. The number of ether oxygens (including phenoxy) is 1. The van der Waals surface area contributed by atoms with Gasteiger partial charge in [0.15, 0.2) is 0 Å². The van der Waals surface area contributed by atoms with Crippen LogP contribution in [0.15, 0.2) is 6.07 Å². The third-order valence-corrected chi connectivity index (χ3v) is 6.64. The molecule has 3 amide bonds. The van der Waals surface area contributed by atoms with Gasteiger partial charge in [0.25, 0.3) is 5.91 Å². The molecular weight excluding hydrogens is 368 g/mol. The van der Waals surface area contributed by atoms with E-state index in [1.165, 1.54) is 18.4 Å². The first-order valence-corrected chi connectivity index (χ1v) is 9.99. The number of nitrogens with zero attached hydrogens (tertiary/aromatic N) is 1. The van der Waals surface area contributed by atoms with E-state index >= 15 is 0 Å². The first-order chi connectivity index (χ1) is 12.9. The molecule has 2 aliphatic heterocycles. The Hall–Kier alpha value is -1.97. The number of thiophene rings is 1. The summed E-state index contributed by atoms with van der Waals surface area (Å²) in [7, 11) is 1.54. The maximum absolute atomic E-state index is 12.6. The van der Waals surface area contributed by atoms with Crippen molar-refractivity contribution < 1.29 is 19.1 Å². The van der Waals surface area contributed by atoms with E-state index in [4.69, 9.17) is 10.5 Å². The van der Waals surface area contributed by atoms with Crippen LogP contribution < -0.4 is 16.4 Å². The SMILES string of the molecule is CNC(=O)C(C)NC(=O)c1cc2c(s1)C1(CCN(C(=O)CN)CC1)OCC2. The van der Waals surface area contributed by atoms with Gasteiger partial charge in [-0.05, 0) is 37.8 Å². The van der Waals surface area contributed by atoms with Crippen LogP contribution in [0.25, 0.3) is 0 Å². The number of amides is 3. The molecule has 148 valence electrons. The lowest BCUT2D eigenvalue weighted by Crippen LogP contribution is -2.49. The number of carbonyl (C=O) groups excluding carboxylic acids is 3. The number of hydrogen-bond donors (Lipinski definition) is 3. The number of rotatable bonds is 4. The van der Waals surface area contributed by atoms with Crippen LogP contribution in [0.4, 0.5) is 0 Å². The van der Waals surface area contributed by atoms with Crippen molar-refractivity contribution >= 4 is 29.1 Å². The van der Waals surface area contributed by atoms with Gasteiger partial charge in [-0.25, -0.2) is 0 Å². The molecule has 1 unspecified atom stereocenters. The minimum Gasteiger partial charge on any atom is -0.369 e. The molecule has 1 fully saturated rings. The molecule has 27 heavy (non-hydrogen) atoms. The maximum Gasteiger partial charge on any atom is 0.262 e. The first kappa shape index (κ1) is 19.8. The highest BCUT2D eigenvalue weighted by Gasteiger charge is 2.43. The average molecular weight is 394 g/mol. The molecule has 4 N–H and O–H groups in total. The van der Waals surface area contributed by atoms with Crippen LogP contribution in [-0.4, -0.2) is 62.0 Å². The van der Waals surface area contributed by atoms with Crippen LogP contribution in [0.2, 0.25) is 0 Å². The third-order valence-electron chi connectivity index (χ3n) is 5.28. The van der Waals surface area contributed by atoms with Crippen molar-refractivity contribution in [3.05, 3.63) is 21.4 Å². The summed E-state index contributed by atoms with van der Waals surface area (Å²) in [6.45, 7) is 3.47. The minimum absolute atomic E-state index is 0.0198. The van der Waals surface area contributed by atoms with Crippen LogP contribution in [-0.2, 0) is 26.3 Å². The predicted molar refractivity (Wildman–Crippen MR) is 102 cm³/mol. The second kappa shape index (κ2) is 7.95. The number of likely N-dealkylation sites (N-methyl/N-ethyl adjacent to an activating group) is 1. The lowest BCUT2D eigenvalue weighted by Gasteiger charge is -2.43. The van der Waals surface area contributed by atoms with E-state index in [2.05, 4.69) is 10.6 Å². The summed E-state index contributed by atoms with van der Waals surface area (Å²) in [5.74, 6) is -0.534. The number of nitrogens with two attached hydrogens (primary N) is 1. The number of carbonyl (C=O) groups is 3. The van der Waals surface area contributed by atoms with Gasteiger partial charge in [0.05, 0.1) is 18.0 Å². The fraction of sp³-hybridized carbons (Fsp3) is 0.611. The van der Waals surface area contributed by atoms with Gasteiger partial charge in [-0.15, -0.1) is 11.3 Å². The monoisotopic (exact) mass is 394 g/mol. The third kappa shape index (κ3) is 3.85. The fourth-order valence-electron chi connectivity index (χ4n) is 3.70. The quantitative estimate of drug-likeness (QED) is 0.663. The first-order valence-electron chi connectivity index (χ1n) is 9.17. The molecule has 1 spiro atoms. The summed E-state index contributed by atoms with van der Waals surface area (Å²) in [6.07, 6.45) is 2.15. The molecule has 8 nitrogen and oxygen atoms in total. The lowest BCUT2D eigenvalue weighted by molar-refractivity contribution is -0.138. The summed E-state index contributed by atoms with van der Waals surface area (Å²) < 4.78 is 6.17. The van der Waals surface area contributed by atoms with E-state index in [-0.39, 0.29) is 24.3 Å². The Morgan fingerprint density at radius 3 is 2.70 bits per heavy atom. The van der Waals surface area contributed by atoms with Crippen LogP contribution in [0.1, 0.15) is 39.9 Å². The molecule has 0 aliphatic carbocycles. The zero-order valence-corrected chi connectivity index (χ0v) is 16.5. The molecule has 3 rings (SSSR count). The molecule has 0 radical (unpaired) electrons. The standard InChI is InChI=1S/C18H26N4O4S/c1-11(16(24)20-2)21-17(25)13-9-12-3-8-26-18(15(12)27-13)4-6-22(7-5-18)14(23)10-19/h9,11H,3-8,10,19H2,1-2H3,(H,20,24)(H,21,25). The highest BCUT2D eigenvalue weighted by Crippen LogP contribution is 2.45. The van der Waals surface area contributed by atoms with Crippen molar-refractivity contribution in [3.8, 4) is 0 Å². The van der Waals surface area contributed by atoms with Gasteiger partial charge in [0.1, 0.15) is 11.6 Å². The van der Waals surface area contributed by atoms with Crippen molar-refractivity contribution in [1.82, 2.24) is 15.5 Å². The number of likely N-dealkylation sites (tertiary alicyclic amines) is 1. The normalized spacial score (nSPS) is 19.3. The van der Waals surface area contributed by atoms with E-state index < -0.39 is 11.6 Å². The van der Waals surface area contributed by atoms with Crippen molar-refractivity contribution in [2.75, 3.05) is 33.3 Å². The molecule has 0 saturated carbocycles. The molecule has 3 heterocycles. The highest BCUT2D eigenvalue weighted by molar-refractivity contribution is 7.14. The number of hydrogen-bond acceptors (Lipinski definition) is 6. The van der Waals surface area contributed by atoms with Gasteiger partial charge in [0, 0.05) is 25.0 Å². The Balaban J connectivity index is 1.76. The Kier molecular flexibility index (Phi) is 5.83.